The molecule has 2 heterocycles. The van der Waals surface area contributed by atoms with Crippen LogP contribution >= 0.6 is 12.4 Å². The van der Waals surface area contributed by atoms with E-state index in [0.29, 0.717) is 11.6 Å². The third-order valence-corrected chi connectivity index (χ3v) is 4.73. The van der Waals surface area contributed by atoms with Gasteiger partial charge in [0.2, 0.25) is 5.91 Å². The summed E-state index contributed by atoms with van der Waals surface area (Å²) >= 11 is 0. The molecule has 0 bridgehead atoms. The van der Waals surface area contributed by atoms with Crippen LogP contribution in [0.25, 0.3) is 10.9 Å². The van der Waals surface area contributed by atoms with Crippen LogP contribution in [0, 0.1) is 5.92 Å². The molecule has 2 amide bonds. The zero-order valence-electron chi connectivity index (χ0n) is 15.1. The highest BCUT2D eigenvalue weighted by molar-refractivity contribution is 6.05. The van der Waals surface area contributed by atoms with Gasteiger partial charge in [-0.1, -0.05) is 18.2 Å². The van der Waals surface area contributed by atoms with Crippen molar-refractivity contribution < 1.29 is 9.59 Å². The zero-order valence-corrected chi connectivity index (χ0v) is 15.9. The molecule has 1 fully saturated rings. The molecule has 1 saturated heterocycles. The van der Waals surface area contributed by atoms with Gasteiger partial charge in [0.05, 0.1) is 5.52 Å². The van der Waals surface area contributed by atoms with Gasteiger partial charge in [-0.25, -0.2) is 0 Å². The van der Waals surface area contributed by atoms with Gasteiger partial charge < -0.3 is 15.5 Å². The van der Waals surface area contributed by atoms with Gasteiger partial charge in [0, 0.05) is 18.5 Å². The fourth-order valence-corrected chi connectivity index (χ4v) is 3.46. The van der Waals surface area contributed by atoms with E-state index in [1.807, 2.05) is 36.2 Å². The number of fused-ring (bicyclic) bond motifs is 1. The molecule has 2 unspecified atom stereocenters. The van der Waals surface area contributed by atoms with Crippen LogP contribution in [0.1, 0.15) is 30.3 Å². The normalized spacial score (nSPS) is 18.2. The summed E-state index contributed by atoms with van der Waals surface area (Å²) in [6.45, 7) is 4.14. The predicted molar refractivity (Wildman–Crippen MR) is 104 cm³/mol. The van der Waals surface area contributed by atoms with E-state index in [1.165, 1.54) is 0 Å². The SMILES string of the molecule is CNCC1CCCN(C(=O)C(C)NC(=O)c2n[nH]c3ccccc23)C1.Cl. The second-order valence-corrected chi connectivity index (χ2v) is 6.66. The number of benzene rings is 1. The summed E-state index contributed by atoms with van der Waals surface area (Å²) in [5.74, 6) is 0.108. The molecule has 3 rings (SSSR count). The van der Waals surface area contributed by atoms with Crippen molar-refractivity contribution in [1.29, 1.82) is 0 Å². The number of carbonyl (C=O) groups excluding carboxylic acids is 2. The number of likely N-dealkylation sites (tertiary alicyclic amines) is 1. The Morgan fingerprint density at radius 3 is 2.92 bits per heavy atom. The Balaban J connectivity index is 0.00000243. The highest BCUT2D eigenvalue weighted by Gasteiger charge is 2.28. The first-order chi connectivity index (χ1) is 12.1. The average molecular weight is 380 g/mol. The van der Waals surface area contributed by atoms with Gasteiger partial charge in [-0.3, -0.25) is 14.7 Å². The first-order valence-corrected chi connectivity index (χ1v) is 8.77. The van der Waals surface area contributed by atoms with E-state index in [2.05, 4.69) is 20.8 Å². The predicted octanol–water partition coefficient (Wildman–Crippen LogP) is 1.56. The molecule has 2 atom stereocenters. The van der Waals surface area contributed by atoms with Crippen molar-refractivity contribution in [3.8, 4) is 0 Å². The molecular formula is C18H26ClN5O2. The topological polar surface area (TPSA) is 90.1 Å². The standard InChI is InChI=1S/C18H25N5O2.ClH/c1-12(18(25)23-9-5-6-13(11-23)10-19-2)20-17(24)16-14-7-3-4-8-15(14)21-22-16;/h3-4,7-8,12-13,19H,5-6,9-11H2,1-2H3,(H,20,24)(H,21,22);1H. The van der Waals surface area contributed by atoms with Crippen molar-refractivity contribution >= 4 is 35.1 Å². The van der Waals surface area contributed by atoms with Crippen molar-refractivity contribution in [2.45, 2.75) is 25.8 Å². The number of nitrogens with zero attached hydrogens (tertiary/aromatic N) is 2. The van der Waals surface area contributed by atoms with Gasteiger partial charge in [-0.15, -0.1) is 12.4 Å². The molecule has 1 aromatic carbocycles. The minimum atomic E-state index is -0.573. The van der Waals surface area contributed by atoms with E-state index >= 15 is 0 Å². The van der Waals surface area contributed by atoms with E-state index in [1.54, 1.807) is 6.92 Å². The lowest BCUT2D eigenvalue weighted by Crippen LogP contribution is -2.51. The largest absolute Gasteiger partial charge is 0.341 e. The van der Waals surface area contributed by atoms with Gasteiger partial charge in [0.15, 0.2) is 5.69 Å². The van der Waals surface area contributed by atoms with E-state index in [4.69, 9.17) is 0 Å². The molecule has 0 radical (unpaired) electrons. The summed E-state index contributed by atoms with van der Waals surface area (Å²) in [5, 5.41) is 13.6. The lowest BCUT2D eigenvalue weighted by Gasteiger charge is -2.34. The molecule has 1 aromatic heterocycles. The van der Waals surface area contributed by atoms with E-state index in [9.17, 15) is 9.59 Å². The van der Waals surface area contributed by atoms with Gasteiger partial charge in [0.25, 0.3) is 5.91 Å². The van der Waals surface area contributed by atoms with E-state index < -0.39 is 6.04 Å². The van der Waals surface area contributed by atoms with E-state index in [0.717, 1.165) is 43.4 Å². The molecule has 1 aliphatic heterocycles. The molecule has 0 aliphatic carbocycles. The van der Waals surface area contributed by atoms with Crippen LogP contribution in [0.5, 0.6) is 0 Å². The second-order valence-electron chi connectivity index (χ2n) is 6.66. The Morgan fingerprint density at radius 1 is 1.38 bits per heavy atom. The summed E-state index contributed by atoms with van der Waals surface area (Å²) in [6.07, 6.45) is 2.13. The first-order valence-electron chi connectivity index (χ1n) is 8.77. The Hall–Kier alpha value is -2.12. The number of halogens is 1. The summed E-state index contributed by atoms with van der Waals surface area (Å²) in [5.41, 5.74) is 1.12. The Kier molecular flexibility index (Phi) is 6.99. The van der Waals surface area contributed by atoms with Gasteiger partial charge in [-0.05, 0) is 45.3 Å². The monoisotopic (exact) mass is 379 g/mol. The fraction of sp³-hybridized carbons (Fsp3) is 0.500. The smallest absolute Gasteiger partial charge is 0.273 e. The average Bonchev–Trinajstić information content (AvgIpc) is 3.05. The number of H-pyrrole nitrogens is 1. The Labute approximate surface area is 159 Å². The lowest BCUT2D eigenvalue weighted by atomic mass is 9.97. The number of hydrogen-bond donors (Lipinski definition) is 3. The maximum atomic E-state index is 12.7. The summed E-state index contributed by atoms with van der Waals surface area (Å²) in [6, 6.07) is 6.87. The van der Waals surface area contributed by atoms with Crippen molar-refractivity contribution in [1.82, 2.24) is 25.7 Å². The Morgan fingerprint density at radius 2 is 2.15 bits per heavy atom. The van der Waals surface area contributed by atoms with Crippen LogP contribution < -0.4 is 10.6 Å². The fourth-order valence-electron chi connectivity index (χ4n) is 3.46. The molecule has 2 aromatic rings. The van der Waals surface area contributed by atoms with Crippen LogP contribution in [0.2, 0.25) is 0 Å². The zero-order chi connectivity index (χ0) is 17.8. The molecule has 8 heteroatoms. The highest BCUT2D eigenvalue weighted by Crippen LogP contribution is 2.17. The molecular weight excluding hydrogens is 354 g/mol. The number of para-hydroxylation sites is 1. The van der Waals surface area contributed by atoms with Crippen LogP contribution in [-0.4, -0.2) is 59.6 Å². The molecule has 0 spiro atoms. The van der Waals surface area contributed by atoms with Crippen molar-refractivity contribution in [3.05, 3.63) is 30.0 Å². The number of carbonyl (C=O) groups is 2. The molecule has 3 N–H and O–H groups in total. The van der Waals surface area contributed by atoms with Crippen LogP contribution in [0.15, 0.2) is 24.3 Å². The second kappa shape index (κ2) is 9.00. The number of nitrogens with one attached hydrogen (secondary N) is 3. The van der Waals surface area contributed by atoms with Gasteiger partial charge in [-0.2, -0.15) is 5.10 Å². The number of aromatic nitrogens is 2. The lowest BCUT2D eigenvalue weighted by molar-refractivity contribution is -0.134. The summed E-state index contributed by atoms with van der Waals surface area (Å²) in [4.78, 5) is 27.0. The van der Waals surface area contributed by atoms with E-state index in [-0.39, 0.29) is 24.2 Å². The van der Waals surface area contributed by atoms with Crippen molar-refractivity contribution in [3.63, 3.8) is 0 Å². The first kappa shape index (κ1) is 20.2. The molecule has 1 aliphatic rings. The maximum absolute atomic E-state index is 12.7. The number of piperidine rings is 1. The molecule has 0 saturated carbocycles. The molecule has 142 valence electrons. The van der Waals surface area contributed by atoms with Gasteiger partial charge >= 0.3 is 0 Å². The van der Waals surface area contributed by atoms with Crippen molar-refractivity contribution in [2.24, 2.45) is 5.92 Å². The minimum absolute atomic E-state index is 0. The number of hydrogen-bond acceptors (Lipinski definition) is 4. The van der Waals surface area contributed by atoms with Crippen molar-refractivity contribution in [2.75, 3.05) is 26.7 Å². The van der Waals surface area contributed by atoms with Crippen LogP contribution in [-0.2, 0) is 4.79 Å². The summed E-state index contributed by atoms with van der Waals surface area (Å²) in [7, 11) is 1.93. The minimum Gasteiger partial charge on any atom is -0.341 e. The van der Waals surface area contributed by atoms with Crippen LogP contribution in [0.3, 0.4) is 0 Å². The molecule has 7 nitrogen and oxygen atoms in total. The number of amides is 2. The van der Waals surface area contributed by atoms with Gasteiger partial charge in [0.1, 0.15) is 6.04 Å². The quantitative estimate of drug-likeness (QED) is 0.735. The third kappa shape index (κ3) is 4.34. The summed E-state index contributed by atoms with van der Waals surface area (Å²) < 4.78 is 0. The molecule has 26 heavy (non-hydrogen) atoms. The van der Waals surface area contributed by atoms with Crippen LogP contribution in [0.4, 0.5) is 0 Å². The maximum Gasteiger partial charge on any atom is 0.273 e. The third-order valence-electron chi connectivity index (χ3n) is 4.73. The Bertz CT molecular complexity index is 761. The number of rotatable bonds is 5. The number of aromatic amines is 1. The highest BCUT2D eigenvalue weighted by atomic mass is 35.5.